The fourth-order valence-corrected chi connectivity index (χ4v) is 2.26. The molecular formula is C18H20N2O3. The minimum atomic E-state index is -0.904. The lowest BCUT2D eigenvalue weighted by Crippen LogP contribution is -2.34. The first-order chi connectivity index (χ1) is 11.1. The maximum absolute atomic E-state index is 11.9. The first-order valence-corrected chi connectivity index (χ1v) is 7.58. The summed E-state index contributed by atoms with van der Waals surface area (Å²) in [6.07, 6.45) is 2.93. The van der Waals surface area contributed by atoms with Crippen molar-refractivity contribution < 1.29 is 14.7 Å². The van der Waals surface area contributed by atoms with E-state index in [-0.39, 0.29) is 12.5 Å². The number of carbonyl (C=O) groups is 2. The number of nitrogens with one attached hydrogen (secondary N) is 1. The van der Waals surface area contributed by atoms with E-state index in [1.807, 2.05) is 48.5 Å². The Balaban J connectivity index is 1.79. The zero-order chi connectivity index (χ0) is 16.5. The zero-order valence-corrected chi connectivity index (χ0v) is 12.8. The Morgan fingerprint density at radius 2 is 1.83 bits per heavy atom. The first kappa shape index (κ1) is 16.7. The number of nitrogens with zero attached hydrogens (tertiary/aromatic N) is 1. The van der Waals surface area contributed by atoms with Crippen LogP contribution < -0.4 is 5.32 Å². The predicted octanol–water partition coefficient (Wildman–Crippen LogP) is 2.07. The lowest BCUT2D eigenvalue weighted by Gasteiger charge is -2.13. The van der Waals surface area contributed by atoms with Crippen molar-refractivity contribution in [2.24, 2.45) is 5.92 Å². The van der Waals surface area contributed by atoms with Gasteiger partial charge in [0.2, 0.25) is 5.91 Å². The van der Waals surface area contributed by atoms with E-state index in [0.717, 1.165) is 11.3 Å². The van der Waals surface area contributed by atoms with Crippen LogP contribution in [0.4, 0.5) is 0 Å². The number of aromatic nitrogens is 1. The third-order valence-electron chi connectivity index (χ3n) is 3.55. The molecule has 1 unspecified atom stereocenters. The third-order valence-corrected chi connectivity index (χ3v) is 3.55. The van der Waals surface area contributed by atoms with Crippen LogP contribution in [0.1, 0.15) is 17.7 Å². The fraction of sp³-hybridized carbons (Fsp3) is 0.278. The van der Waals surface area contributed by atoms with Crippen molar-refractivity contribution in [2.75, 3.05) is 6.54 Å². The summed E-state index contributed by atoms with van der Waals surface area (Å²) < 4.78 is 0. The largest absolute Gasteiger partial charge is 0.481 e. The fourth-order valence-electron chi connectivity index (χ4n) is 2.26. The number of aliphatic carboxylic acids is 1. The summed E-state index contributed by atoms with van der Waals surface area (Å²) in [4.78, 5) is 27.4. The standard InChI is InChI=1S/C18H20N2O3/c21-17(10-9-16-8-4-5-11-19-16)20-13-15(18(22)23)12-14-6-2-1-3-7-14/h1-8,11,15H,9-10,12-13H2,(H,20,21)(H,22,23). The summed E-state index contributed by atoms with van der Waals surface area (Å²) in [5.41, 5.74) is 1.80. The number of amides is 1. The Kier molecular flexibility index (Phi) is 6.29. The molecule has 0 aliphatic rings. The molecule has 2 aromatic rings. The summed E-state index contributed by atoms with van der Waals surface area (Å²) in [5.74, 6) is -1.69. The first-order valence-electron chi connectivity index (χ1n) is 7.58. The van der Waals surface area contributed by atoms with Gasteiger partial charge in [-0.15, -0.1) is 0 Å². The molecule has 0 fully saturated rings. The topological polar surface area (TPSA) is 79.3 Å². The monoisotopic (exact) mass is 312 g/mol. The van der Waals surface area contributed by atoms with E-state index in [9.17, 15) is 14.7 Å². The summed E-state index contributed by atoms with van der Waals surface area (Å²) in [7, 11) is 0. The normalized spacial score (nSPS) is 11.7. The van der Waals surface area contributed by atoms with Crippen LogP contribution in [-0.2, 0) is 22.4 Å². The SMILES string of the molecule is O=C(CCc1ccccn1)NCC(Cc1ccccc1)C(=O)O. The number of hydrogen-bond donors (Lipinski definition) is 2. The van der Waals surface area contributed by atoms with Gasteiger partial charge in [-0.3, -0.25) is 14.6 Å². The summed E-state index contributed by atoms with van der Waals surface area (Å²) in [5, 5.41) is 12.0. The van der Waals surface area contributed by atoms with Crippen LogP contribution >= 0.6 is 0 Å². The number of carbonyl (C=O) groups excluding carboxylic acids is 1. The van der Waals surface area contributed by atoms with Crippen LogP contribution in [0, 0.1) is 5.92 Å². The highest BCUT2D eigenvalue weighted by molar-refractivity contribution is 5.77. The van der Waals surface area contributed by atoms with E-state index in [0.29, 0.717) is 19.3 Å². The molecule has 5 heteroatoms. The molecule has 2 N–H and O–H groups in total. The van der Waals surface area contributed by atoms with E-state index in [1.165, 1.54) is 0 Å². The molecule has 23 heavy (non-hydrogen) atoms. The molecule has 0 radical (unpaired) electrons. The Bertz CT molecular complexity index is 629. The average Bonchev–Trinajstić information content (AvgIpc) is 2.58. The number of pyridine rings is 1. The molecular weight excluding hydrogens is 292 g/mol. The summed E-state index contributed by atoms with van der Waals surface area (Å²) in [6, 6.07) is 15.0. The molecule has 1 amide bonds. The molecule has 0 bridgehead atoms. The highest BCUT2D eigenvalue weighted by Crippen LogP contribution is 2.08. The Hall–Kier alpha value is -2.69. The number of carboxylic acid groups (broad SMARTS) is 1. The van der Waals surface area contributed by atoms with Crippen molar-refractivity contribution in [1.82, 2.24) is 10.3 Å². The molecule has 2 rings (SSSR count). The van der Waals surface area contributed by atoms with Gasteiger partial charge < -0.3 is 10.4 Å². The van der Waals surface area contributed by atoms with Gasteiger partial charge in [-0.1, -0.05) is 36.4 Å². The maximum Gasteiger partial charge on any atom is 0.308 e. The van der Waals surface area contributed by atoms with E-state index in [2.05, 4.69) is 10.3 Å². The predicted molar refractivity (Wildman–Crippen MR) is 86.8 cm³/mol. The Labute approximate surface area is 135 Å². The van der Waals surface area contributed by atoms with Gasteiger partial charge in [0.05, 0.1) is 5.92 Å². The molecule has 1 aromatic heterocycles. The lowest BCUT2D eigenvalue weighted by atomic mass is 9.99. The van der Waals surface area contributed by atoms with Crippen LogP contribution in [0.2, 0.25) is 0 Å². The van der Waals surface area contributed by atoms with Crippen molar-refractivity contribution >= 4 is 11.9 Å². The van der Waals surface area contributed by atoms with Crippen LogP contribution in [0.15, 0.2) is 54.7 Å². The maximum atomic E-state index is 11.9. The number of hydrogen-bond acceptors (Lipinski definition) is 3. The van der Waals surface area contributed by atoms with Gasteiger partial charge in [0.25, 0.3) is 0 Å². The second-order valence-electron chi connectivity index (χ2n) is 5.35. The van der Waals surface area contributed by atoms with Gasteiger partial charge >= 0.3 is 5.97 Å². The lowest BCUT2D eigenvalue weighted by molar-refractivity contribution is -0.141. The quantitative estimate of drug-likeness (QED) is 0.782. The van der Waals surface area contributed by atoms with Gasteiger partial charge in [-0.2, -0.15) is 0 Å². The number of aryl methyl sites for hydroxylation is 1. The van der Waals surface area contributed by atoms with Gasteiger partial charge in [-0.25, -0.2) is 0 Å². The Morgan fingerprint density at radius 1 is 1.09 bits per heavy atom. The van der Waals surface area contributed by atoms with E-state index in [4.69, 9.17) is 0 Å². The van der Waals surface area contributed by atoms with Gasteiger partial charge in [0.15, 0.2) is 0 Å². The molecule has 0 saturated carbocycles. The molecule has 1 atom stereocenters. The zero-order valence-electron chi connectivity index (χ0n) is 12.8. The van der Waals surface area contributed by atoms with Crippen LogP contribution in [-0.4, -0.2) is 28.5 Å². The smallest absolute Gasteiger partial charge is 0.308 e. The molecule has 0 saturated heterocycles. The summed E-state index contributed by atoms with van der Waals surface area (Å²) >= 11 is 0. The number of rotatable bonds is 8. The molecule has 1 heterocycles. The second-order valence-corrected chi connectivity index (χ2v) is 5.35. The second kappa shape index (κ2) is 8.68. The molecule has 120 valence electrons. The Morgan fingerprint density at radius 3 is 2.48 bits per heavy atom. The van der Waals surface area contributed by atoms with Crippen LogP contribution in [0.3, 0.4) is 0 Å². The average molecular weight is 312 g/mol. The number of carboxylic acids is 1. The van der Waals surface area contributed by atoms with Gasteiger partial charge in [-0.05, 0) is 30.5 Å². The van der Waals surface area contributed by atoms with Gasteiger partial charge in [0.1, 0.15) is 0 Å². The van der Waals surface area contributed by atoms with E-state index >= 15 is 0 Å². The molecule has 0 aliphatic carbocycles. The van der Waals surface area contributed by atoms with Crippen molar-refractivity contribution in [1.29, 1.82) is 0 Å². The minimum Gasteiger partial charge on any atom is -0.481 e. The number of benzene rings is 1. The van der Waals surface area contributed by atoms with Crippen molar-refractivity contribution in [3.05, 3.63) is 66.0 Å². The molecule has 1 aromatic carbocycles. The van der Waals surface area contributed by atoms with E-state index < -0.39 is 11.9 Å². The minimum absolute atomic E-state index is 0.130. The molecule has 0 spiro atoms. The highest BCUT2D eigenvalue weighted by Gasteiger charge is 2.18. The summed E-state index contributed by atoms with van der Waals surface area (Å²) in [6.45, 7) is 0.130. The van der Waals surface area contributed by atoms with Crippen molar-refractivity contribution in [3.8, 4) is 0 Å². The van der Waals surface area contributed by atoms with Crippen molar-refractivity contribution in [3.63, 3.8) is 0 Å². The molecule has 0 aliphatic heterocycles. The van der Waals surface area contributed by atoms with Crippen LogP contribution in [0.5, 0.6) is 0 Å². The van der Waals surface area contributed by atoms with Crippen LogP contribution in [0.25, 0.3) is 0 Å². The molecule has 5 nitrogen and oxygen atoms in total. The highest BCUT2D eigenvalue weighted by atomic mass is 16.4. The van der Waals surface area contributed by atoms with Crippen molar-refractivity contribution in [2.45, 2.75) is 19.3 Å². The van der Waals surface area contributed by atoms with Gasteiger partial charge in [0, 0.05) is 24.9 Å². The van der Waals surface area contributed by atoms with E-state index in [1.54, 1.807) is 6.20 Å². The third kappa shape index (κ3) is 5.90.